The molecule has 3 rings (SSSR count). The SMILES string of the molecule is CC1CCCC(C)N1Cc1ccc(NCc2ccccc2)cc1. The van der Waals surface area contributed by atoms with Crippen LogP contribution in [0, 0.1) is 0 Å². The van der Waals surface area contributed by atoms with E-state index in [1.807, 2.05) is 0 Å². The molecule has 0 amide bonds. The highest BCUT2D eigenvalue weighted by Gasteiger charge is 2.24. The van der Waals surface area contributed by atoms with Gasteiger partial charge in [0.15, 0.2) is 0 Å². The third-order valence-electron chi connectivity index (χ3n) is 5.03. The number of anilines is 1. The molecule has 2 atom stereocenters. The number of benzene rings is 2. The van der Waals surface area contributed by atoms with E-state index < -0.39 is 0 Å². The second-order valence-electron chi connectivity index (χ2n) is 6.84. The van der Waals surface area contributed by atoms with E-state index >= 15 is 0 Å². The number of hydrogen-bond donors (Lipinski definition) is 1. The van der Waals surface area contributed by atoms with Gasteiger partial charge in [-0.2, -0.15) is 0 Å². The van der Waals surface area contributed by atoms with Crippen LogP contribution in [0.5, 0.6) is 0 Å². The van der Waals surface area contributed by atoms with E-state index in [9.17, 15) is 0 Å². The minimum Gasteiger partial charge on any atom is -0.381 e. The largest absolute Gasteiger partial charge is 0.381 e. The van der Waals surface area contributed by atoms with Gasteiger partial charge >= 0.3 is 0 Å². The molecular formula is C21H28N2. The Morgan fingerprint density at radius 3 is 2.17 bits per heavy atom. The number of nitrogens with one attached hydrogen (secondary N) is 1. The molecule has 2 unspecified atom stereocenters. The highest BCUT2D eigenvalue weighted by Crippen LogP contribution is 2.25. The summed E-state index contributed by atoms with van der Waals surface area (Å²) in [5, 5.41) is 3.50. The first-order valence-electron chi connectivity index (χ1n) is 8.85. The van der Waals surface area contributed by atoms with Crippen LogP contribution in [0.25, 0.3) is 0 Å². The van der Waals surface area contributed by atoms with Gasteiger partial charge in [-0.25, -0.2) is 0 Å². The number of likely N-dealkylation sites (tertiary alicyclic amines) is 1. The summed E-state index contributed by atoms with van der Waals surface area (Å²) in [5.74, 6) is 0. The van der Waals surface area contributed by atoms with Gasteiger partial charge in [0.1, 0.15) is 0 Å². The van der Waals surface area contributed by atoms with E-state index in [-0.39, 0.29) is 0 Å². The van der Waals surface area contributed by atoms with E-state index in [2.05, 4.69) is 78.7 Å². The third-order valence-corrected chi connectivity index (χ3v) is 5.03. The molecule has 23 heavy (non-hydrogen) atoms. The Hall–Kier alpha value is -1.80. The molecule has 2 heteroatoms. The fourth-order valence-electron chi connectivity index (χ4n) is 3.53. The van der Waals surface area contributed by atoms with Crippen molar-refractivity contribution >= 4 is 5.69 Å². The maximum absolute atomic E-state index is 3.50. The summed E-state index contributed by atoms with van der Waals surface area (Å²) in [6.45, 7) is 6.68. The van der Waals surface area contributed by atoms with Gasteiger partial charge in [0.25, 0.3) is 0 Å². The number of nitrogens with zero attached hydrogens (tertiary/aromatic N) is 1. The molecule has 0 spiro atoms. The molecule has 0 aromatic heterocycles. The molecule has 122 valence electrons. The van der Waals surface area contributed by atoms with E-state index in [1.54, 1.807) is 0 Å². The molecule has 1 saturated heterocycles. The molecule has 1 aliphatic heterocycles. The molecule has 0 saturated carbocycles. The fraction of sp³-hybridized carbons (Fsp3) is 0.429. The second-order valence-corrected chi connectivity index (χ2v) is 6.84. The Balaban J connectivity index is 1.56. The van der Waals surface area contributed by atoms with Gasteiger partial charge in [0, 0.05) is 30.9 Å². The summed E-state index contributed by atoms with van der Waals surface area (Å²) in [7, 11) is 0. The molecule has 1 N–H and O–H groups in total. The van der Waals surface area contributed by atoms with Crippen molar-refractivity contribution in [3.63, 3.8) is 0 Å². The predicted molar refractivity (Wildman–Crippen MR) is 98.5 cm³/mol. The average molecular weight is 308 g/mol. The zero-order valence-electron chi connectivity index (χ0n) is 14.3. The molecule has 0 radical (unpaired) electrons. The van der Waals surface area contributed by atoms with Crippen LogP contribution < -0.4 is 5.32 Å². The van der Waals surface area contributed by atoms with Crippen molar-refractivity contribution < 1.29 is 0 Å². The van der Waals surface area contributed by atoms with Gasteiger partial charge in [-0.1, -0.05) is 48.9 Å². The summed E-state index contributed by atoms with van der Waals surface area (Å²) in [4.78, 5) is 2.65. The third kappa shape index (κ3) is 4.35. The zero-order valence-corrected chi connectivity index (χ0v) is 14.3. The van der Waals surface area contributed by atoms with E-state index in [1.165, 1.54) is 36.1 Å². The monoisotopic (exact) mass is 308 g/mol. The number of hydrogen-bond acceptors (Lipinski definition) is 2. The average Bonchev–Trinajstić information content (AvgIpc) is 2.58. The normalized spacial score (nSPS) is 22.0. The molecule has 2 nitrogen and oxygen atoms in total. The van der Waals surface area contributed by atoms with Crippen molar-refractivity contribution in [1.29, 1.82) is 0 Å². The summed E-state index contributed by atoms with van der Waals surface area (Å²) < 4.78 is 0. The Labute approximate surface area is 140 Å². The maximum Gasteiger partial charge on any atom is 0.0400 e. The Morgan fingerprint density at radius 2 is 1.52 bits per heavy atom. The first-order valence-corrected chi connectivity index (χ1v) is 8.85. The summed E-state index contributed by atoms with van der Waals surface area (Å²) >= 11 is 0. The van der Waals surface area contributed by atoms with E-state index in [4.69, 9.17) is 0 Å². The van der Waals surface area contributed by atoms with Crippen molar-refractivity contribution in [2.75, 3.05) is 5.32 Å². The molecule has 1 aliphatic rings. The lowest BCUT2D eigenvalue weighted by molar-refractivity contribution is 0.0953. The van der Waals surface area contributed by atoms with Crippen LogP contribution in [0.3, 0.4) is 0 Å². The Kier molecular flexibility index (Phi) is 5.35. The molecule has 0 bridgehead atoms. The number of piperidine rings is 1. The second kappa shape index (κ2) is 7.65. The van der Waals surface area contributed by atoms with Gasteiger partial charge < -0.3 is 5.32 Å². The van der Waals surface area contributed by atoms with Crippen LogP contribution in [0.15, 0.2) is 54.6 Å². The van der Waals surface area contributed by atoms with Crippen LogP contribution in [-0.2, 0) is 13.1 Å². The van der Waals surface area contributed by atoms with Gasteiger partial charge in [-0.15, -0.1) is 0 Å². The van der Waals surface area contributed by atoms with Crippen molar-refractivity contribution in [3.8, 4) is 0 Å². The molecule has 1 fully saturated rings. The first kappa shape index (κ1) is 16.1. The van der Waals surface area contributed by atoms with Crippen LogP contribution in [0.1, 0.15) is 44.2 Å². The standard InChI is InChI=1S/C21H28N2/c1-17-7-6-8-18(2)23(17)16-20-11-13-21(14-12-20)22-15-19-9-4-3-5-10-19/h3-5,9-14,17-18,22H,6-8,15-16H2,1-2H3. The minimum absolute atomic E-state index is 0.703. The zero-order chi connectivity index (χ0) is 16.1. The minimum atomic E-state index is 0.703. The van der Waals surface area contributed by atoms with Gasteiger partial charge in [-0.3, -0.25) is 4.90 Å². The summed E-state index contributed by atoms with van der Waals surface area (Å²) in [6, 6.07) is 20.9. The van der Waals surface area contributed by atoms with E-state index in [0.29, 0.717) is 12.1 Å². The van der Waals surface area contributed by atoms with Gasteiger partial charge in [-0.05, 0) is 49.9 Å². The Bertz CT molecular complexity index is 581. The first-order chi connectivity index (χ1) is 11.2. The fourth-order valence-corrected chi connectivity index (χ4v) is 3.53. The van der Waals surface area contributed by atoms with Gasteiger partial charge in [0.2, 0.25) is 0 Å². The lowest BCUT2D eigenvalue weighted by atomic mass is 9.97. The molecule has 2 aromatic rings. The van der Waals surface area contributed by atoms with Gasteiger partial charge in [0.05, 0.1) is 0 Å². The topological polar surface area (TPSA) is 15.3 Å². The summed E-state index contributed by atoms with van der Waals surface area (Å²) in [5.41, 5.74) is 3.92. The van der Waals surface area contributed by atoms with Crippen LogP contribution >= 0.6 is 0 Å². The smallest absolute Gasteiger partial charge is 0.0400 e. The van der Waals surface area contributed by atoms with Crippen LogP contribution in [-0.4, -0.2) is 17.0 Å². The highest BCUT2D eigenvalue weighted by molar-refractivity contribution is 5.45. The maximum atomic E-state index is 3.50. The molecule has 2 aromatic carbocycles. The van der Waals surface area contributed by atoms with Crippen molar-refractivity contribution in [2.45, 2.75) is 58.3 Å². The van der Waals surface area contributed by atoms with Crippen LogP contribution in [0.4, 0.5) is 5.69 Å². The van der Waals surface area contributed by atoms with Crippen molar-refractivity contribution in [2.24, 2.45) is 0 Å². The molecular weight excluding hydrogens is 280 g/mol. The quantitative estimate of drug-likeness (QED) is 0.830. The lowest BCUT2D eigenvalue weighted by Crippen LogP contribution is -2.42. The Morgan fingerprint density at radius 1 is 0.870 bits per heavy atom. The van der Waals surface area contributed by atoms with Crippen molar-refractivity contribution in [3.05, 3.63) is 65.7 Å². The highest BCUT2D eigenvalue weighted by atomic mass is 15.2. The van der Waals surface area contributed by atoms with Crippen molar-refractivity contribution in [1.82, 2.24) is 4.90 Å². The predicted octanol–water partition coefficient (Wildman–Crippen LogP) is 5.06. The molecule has 0 aliphatic carbocycles. The van der Waals surface area contributed by atoms with E-state index in [0.717, 1.165) is 13.1 Å². The summed E-state index contributed by atoms with van der Waals surface area (Å²) in [6.07, 6.45) is 4.04. The number of rotatable bonds is 5. The van der Waals surface area contributed by atoms with Crippen LogP contribution in [0.2, 0.25) is 0 Å². The molecule has 1 heterocycles. The lowest BCUT2D eigenvalue weighted by Gasteiger charge is -2.39.